The van der Waals surface area contributed by atoms with Gasteiger partial charge in [0.1, 0.15) is 0 Å². The van der Waals surface area contributed by atoms with Crippen molar-refractivity contribution >= 4 is 20.0 Å². The van der Waals surface area contributed by atoms with Crippen LogP contribution in [0.1, 0.15) is 24.1 Å². The minimum Gasteiger partial charge on any atom is -0.214 e. The molecule has 2 aromatic rings. The van der Waals surface area contributed by atoms with E-state index in [4.69, 9.17) is 0 Å². The van der Waals surface area contributed by atoms with E-state index in [1.165, 1.54) is 25.2 Å². The number of hydrogen-bond donors (Lipinski definition) is 2. The van der Waals surface area contributed by atoms with Gasteiger partial charge in [0, 0.05) is 6.04 Å². The van der Waals surface area contributed by atoms with Crippen molar-refractivity contribution in [3.8, 4) is 0 Å². The van der Waals surface area contributed by atoms with Crippen molar-refractivity contribution in [1.82, 2.24) is 9.44 Å². The lowest BCUT2D eigenvalue weighted by Gasteiger charge is -2.17. The van der Waals surface area contributed by atoms with Crippen LogP contribution < -0.4 is 9.44 Å². The Labute approximate surface area is 143 Å². The number of nitrogens with one attached hydrogen (secondary N) is 2. The summed E-state index contributed by atoms with van der Waals surface area (Å²) in [6.45, 7) is 3.65. The van der Waals surface area contributed by atoms with Crippen LogP contribution in [0.25, 0.3) is 0 Å². The standard InChI is InChI=1S/C16H20N2O4S2/c1-12-7-4-5-10-16(12)13(2)18-24(21,22)15-9-6-8-14(11-15)23(19,20)17-3/h4-11,13,17-18H,1-3H3. The zero-order valence-electron chi connectivity index (χ0n) is 13.6. The molecular weight excluding hydrogens is 348 g/mol. The monoisotopic (exact) mass is 368 g/mol. The predicted molar refractivity (Wildman–Crippen MR) is 92.6 cm³/mol. The van der Waals surface area contributed by atoms with Crippen LogP contribution in [0.2, 0.25) is 0 Å². The summed E-state index contributed by atoms with van der Waals surface area (Å²) in [6.07, 6.45) is 0. The van der Waals surface area contributed by atoms with Crippen LogP contribution in [0.15, 0.2) is 58.3 Å². The van der Waals surface area contributed by atoms with Crippen molar-refractivity contribution in [2.45, 2.75) is 29.7 Å². The van der Waals surface area contributed by atoms with E-state index in [0.717, 1.165) is 17.2 Å². The van der Waals surface area contributed by atoms with Crippen molar-refractivity contribution < 1.29 is 16.8 Å². The lowest BCUT2D eigenvalue weighted by molar-refractivity contribution is 0.566. The van der Waals surface area contributed by atoms with Crippen LogP contribution in [0, 0.1) is 6.92 Å². The molecule has 2 aromatic carbocycles. The number of rotatable bonds is 6. The molecule has 1 unspecified atom stereocenters. The van der Waals surface area contributed by atoms with Gasteiger partial charge in [-0.15, -0.1) is 0 Å². The molecule has 2 rings (SSSR count). The molecule has 0 fully saturated rings. The summed E-state index contributed by atoms with van der Waals surface area (Å²) in [5.74, 6) is 0. The highest BCUT2D eigenvalue weighted by molar-refractivity contribution is 7.90. The summed E-state index contributed by atoms with van der Waals surface area (Å²) >= 11 is 0. The lowest BCUT2D eigenvalue weighted by Crippen LogP contribution is -2.27. The number of hydrogen-bond acceptors (Lipinski definition) is 4. The van der Waals surface area contributed by atoms with E-state index >= 15 is 0 Å². The maximum atomic E-state index is 12.6. The molecule has 0 amide bonds. The van der Waals surface area contributed by atoms with Crippen LogP contribution in [0.3, 0.4) is 0 Å². The molecular formula is C16H20N2O4S2. The summed E-state index contributed by atoms with van der Waals surface area (Å²) < 4.78 is 53.6. The summed E-state index contributed by atoms with van der Waals surface area (Å²) in [5.41, 5.74) is 1.83. The fraction of sp³-hybridized carbons (Fsp3) is 0.250. The molecule has 130 valence electrons. The van der Waals surface area contributed by atoms with Crippen LogP contribution in [0.4, 0.5) is 0 Å². The maximum Gasteiger partial charge on any atom is 0.241 e. The molecule has 0 aliphatic heterocycles. The van der Waals surface area contributed by atoms with Gasteiger partial charge < -0.3 is 0 Å². The van der Waals surface area contributed by atoms with Gasteiger partial charge in [-0.3, -0.25) is 0 Å². The molecule has 0 aliphatic carbocycles. The molecule has 0 bridgehead atoms. The van der Waals surface area contributed by atoms with Crippen molar-refractivity contribution in [3.05, 3.63) is 59.7 Å². The van der Waals surface area contributed by atoms with E-state index < -0.39 is 26.1 Å². The van der Waals surface area contributed by atoms with Gasteiger partial charge in [0.15, 0.2) is 0 Å². The SMILES string of the molecule is CNS(=O)(=O)c1cccc(S(=O)(=O)NC(C)c2ccccc2C)c1. The fourth-order valence-electron chi connectivity index (χ4n) is 2.36. The van der Waals surface area contributed by atoms with E-state index in [9.17, 15) is 16.8 Å². The normalized spacial score (nSPS) is 13.6. The van der Waals surface area contributed by atoms with Gasteiger partial charge in [-0.25, -0.2) is 26.3 Å². The average Bonchev–Trinajstić information content (AvgIpc) is 2.55. The van der Waals surface area contributed by atoms with E-state index in [-0.39, 0.29) is 9.79 Å². The van der Waals surface area contributed by atoms with Gasteiger partial charge in [0.25, 0.3) is 0 Å². The second kappa shape index (κ2) is 7.02. The second-order valence-electron chi connectivity index (χ2n) is 5.38. The van der Waals surface area contributed by atoms with Gasteiger partial charge >= 0.3 is 0 Å². The van der Waals surface area contributed by atoms with E-state index in [1.807, 2.05) is 31.2 Å². The largest absolute Gasteiger partial charge is 0.241 e. The Morgan fingerprint density at radius 3 is 2.04 bits per heavy atom. The Bertz CT molecular complexity index is 938. The molecule has 0 aromatic heterocycles. The minimum atomic E-state index is -3.86. The smallest absolute Gasteiger partial charge is 0.214 e. The molecule has 1 atom stereocenters. The Balaban J connectivity index is 2.35. The molecule has 8 heteroatoms. The first-order chi connectivity index (χ1) is 11.2. The van der Waals surface area contributed by atoms with Crippen molar-refractivity contribution in [1.29, 1.82) is 0 Å². The van der Waals surface area contributed by atoms with Crippen LogP contribution in [-0.4, -0.2) is 23.9 Å². The Hall–Kier alpha value is -1.74. The summed E-state index contributed by atoms with van der Waals surface area (Å²) in [4.78, 5) is -0.198. The summed E-state index contributed by atoms with van der Waals surface area (Å²) in [6, 6.07) is 12.3. The maximum absolute atomic E-state index is 12.6. The molecule has 0 saturated carbocycles. The summed E-state index contributed by atoms with van der Waals surface area (Å²) in [5, 5.41) is 0. The van der Waals surface area contributed by atoms with E-state index in [1.54, 1.807) is 6.92 Å². The third-order valence-electron chi connectivity index (χ3n) is 3.68. The third kappa shape index (κ3) is 4.02. The Morgan fingerprint density at radius 2 is 1.46 bits per heavy atom. The van der Waals surface area contributed by atoms with E-state index in [2.05, 4.69) is 9.44 Å². The average molecular weight is 368 g/mol. The molecule has 24 heavy (non-hydrogen) atoms. The first-order valence-corrected chi connectivity index (χ1v) is 10.3. The minimum absolute atomic E-state index is 0.0979. The zero-order chi connectivity index (χ0) is 18.0. The second-order valence-corrected chi connectivity index (χ2v) is 8.98. The van der Waals surface area contributed by atoms with E-state index in [0.29, 0.717) is 0 Å². The lowest BCUT2D eigenvalue weighted by atomic mass is 10.0. The van der Waals surface area contributed by atoms with Gasteiger partial charge in [0.2, 0.25) is 20.0 Å². The van der Waals surface area contributed by atoms with Crippen molar-refractivity contribution in [2.24, 2.45) is 0 Å². The molecule has 0 heterocycles. The first kappa shape index (κ1) is 18.6. The molecule has 0 aliphatic rings. The number of aryl methyl sites for hydroxylation is 1. The third-order valence-corrected chi connectivity index (χ3v) is 6.63. The van der Waals surface area contributed by atoms with Crippen LogP contribution in [-0.2, 0) is 20.0 Å². The van der Waals surface area contributed by atoms with Gasteiger partial charge in [0.05, 0.1) is 9.79 Å². The van der Waals surface area contributed by atoms with Crippen molar-refractivity contribution in [3.63, 3.8) is 0 Å². The molecule has 0 radical (unpaired) electrons. The Morgan fingerprint density at radius 1 is 0.875 bits per heavy atom. The van der Waals surface area contributed by atoms with Gasteiger partial charge in [-0.2, -0.15) is 0 Å². The topological polar surface area (TPSA) is 92.3 Å². The van der Waals surface area contributed by atoms with Crippen molar-refractivity contribution in [2.75, 3.05) is 7.05 Å². The number of benzene rings is 2. The highest BCUT2D eigenvalue weighted by Crippen LogP contribution is 2.21. The Kier molecular flexibility index (Phi) is 5.44. The molecule has 0 saturated heterocycles. The quantitative estimate of drug-likeness (QED) is 0.815. The first-order valence-electron chi connectivity index (χ1n) is 7.29. The predicted octanol–water partition coefficient (Wildman–Crippen LogP) is 1.94. The molecule has 2 N–H and O–H groups in total. The zero-order valence-corrected chi connectivity index (χ0v) is 15.3. The fourth-order valence-corrected chi connectivity index (χ4v) is 4.48. The van der Waals surface area contributed by atoms with Crippen LogP contribution >= 0.6 is 0 Å². The summed E-state index contributed by atoms with van der Waals surface area (Å²) in [7, 11) is -6.30. The van der Waals surface area contributed by atoms with Gasteiger partial charge in [-0.1, -0.05) is 30.3 Å². The van der Waals surface area contributed by atoms with Crippen LogP contribution in [0.5, 0.6) is 0 Å². The van der Waals surface area contributed by atoms with Gasteiger partial charge in [-0.05, 0) is 50.2 Å². The molecule has 6 nitrogen and oxygen atoms in total. The highest BCUT2D eigenvalue weighted by Gasteiger charge is 2.21. The highest BCUT2D eigenvalue weighted by atomic mass is 32.2. The number of sulfonamides is 2. The molecule has 0 spiro atoms.